The molecular weight excluding hydrogens is 564 g/mol. The van der Waals surface area contributed by atoms with Crippen LogP contribution in [0.4, 0.5) is 0 Å². The van der Waals surface area contributed by atoms with Crippen molar-refractivity contribution in [3.8, 4) is 45.5 Å². The van der Waals surface area contributed by atoms with Crippen LogP contribution >= 0.6 is 0 Å². The zero-order chi connectivity index (χ0) is 30.5. The Morgan fingerprint density at radius 3 is 1.65 bits per heavy atom. The van der Waals surface area contributed by atoms with Crippen molar-refractivity contribution >= 4 is 32.7 Å². The summed E-state index contributed by atoms with van der Waals surface area (Å²) in [6.07, 6.45) is 1.95. The van der Waals surface area contributed by atoms with E-state index in [2.05, 4.69) is 77.4 Å². The van der Waals surface area contributed by atoms with E-state index in [1.54, 1.807) is 0 Å². The summed E-state index contributed by atoms with van der Waals surface area (Å²) >= 11 is 0. The van der Waals surface area contributed by atoms with Crippen LogP contribution in [0.2, 0.25) is 0 Å². The van der Waals surface area contributed by atoms with Crippen LogP contribution in [0.1, 0.15) is 0 Å². The number of rotatable bonds is 5. The first kappa shape index (κ1) is 26.0. The molecule has 3 heterocycles. The molecule has 216 valence electrons. The maximum atomic E-state index is 4.98. The van der Waals surface area contributed by atoms with Crippen LogP contribution < -0.4 is 0 Å². The van der Waals surface area contributed by atoms with Crippen LogP contribution in [0, 0.1) is 0 Å². The van der Waals surface area contributed by atoms with Crippen molar-refractivity contribution in [2.45, 2.75) is 0 Å². The van der Waals surface area contributed by atoms with Crippen molar-refractivity contribution in [2.24, 2.45) is 0 Å². The molecule has 9 rings (SSSR count). The molecule has 6 heteroatoms. The lowest BCUT2D eigenvalue weighted by molar-refractivity contribution is 0.911. The molecule has 6 nitrogen and oxygen atoms in total. The minimum absolute atomic E-state index is 0.627. The first-order chi connectivity index (χ1) is 22.8. The van der Waals surface area contributed by atoms with Gasteiger partial charge in [0.25, 0.3) is 0 Å². The van der Waals surface area contributed by atoms with Crippen LogP contribution in [0.25, 0.3) is 78.2 Å². The fraction of sp³-hybridized carbons (Fsp3) is 0. The Hall–Kier alpha value is -6.40. The van der Waals surface area contributed by atoms with Crippen molar-refractivity contribution in [3.05, 3.63) is 158 Å². The van der Waals surface area contributed by atoms with Crippen molar-refractivity contribution in [2.75, 3.05) is 0 Å². The van der Waals surface area contributed by atoms with Gasteiger partial charge in [-0.05, 0) is 42.5 Å². The number of aromatic nitrogens is 6. The van der Waals surface area contributed by atoms with E-state index in [4.69, 9.17) is 20.1 Å². The Morgan fingerprint density at radius 1 is 0.391 bits per heavy atom. The lowest BCUT2D eigenvalue weighted by Gasteiger charge is -2.11. The van der Waals surface area contributed by atoms with Gasteiger partial charge in [-0.3, -0.25) is 0 Å². The molecule has 6 aromatic carbocycles. The number of para-hydroxylation sites is 2. The van der Waals surface area contributed by atoms with Crippen molar-refractivity contribution < 1.29 is 0 Å². The highest BCUT2D eigenvalue weighted by atomic mass is 15.3. The SMILES string of the molecule is c1ccc(-c2nc(-c3ccccc3)nc(-c3cccc(-n4c5ccccc5c5cc6c(cnn6-c6ccccc6)cc54)c3)n2)cc1. The van der Waals surface area contributed by atoms with Gasteiger partial charge in [0.05, 0.1) is 28.4 Å². The Morgan fingerprint density at radius 2 is 0.957 bits per heavy atom. The van der Waals surface area contributed by atoms with E-state index in [9.17, 15) is 0 Å². The molecule has 0 bridgehead atoms. The second kappa shape index (κ2) is 10.6. The Labute approximate surface area is 264 Å². The zero-order valence-electron chi connectivity index (χ0n) is 24.7. The van der Waals surface area contributed by atoms with Crippen molar-refractivity contribution in [3.63, 3.8) is 0 Å². The average Bonchev–Trinajstić information content (AvgIpc) is 3.70. The molecule has 0 radical (unpaired) electrons. The van der Waals surface area contributed by atoms with Gasteiger partial charge in [-0.15, -0.1) is 0 Å². The van der Waals surface area contributed by atoms with Gasteiger partial charge in [0, 0.05) is 38.5 Å². The first-order valence-electron chi connectivity index (χ1n) is 15.2. The summed E-state index contributed by atoms with van der Waals surface area (Å²) in [5.74, 6) is 1.91. The van der Waals surface area contributed by atoms with Crippen LogP contribution in [-0.2, 0) is 0 Å². The molecule has 0 aliphatic heterocycles. The fourth-order valence-corrected chi connectivity index (χ4v) is 6.26. The largest absolute Gasteiger partial charge is 0.309 e. The van der Waals surface area contributed by atoms with Gasteiger partial charge in [-0.2, -0.15) is 5.10 Å². The van der Waals surface area contributed by atoms with Gasteiger partial charge >= 0.3 is 0 Å². The summed E-state index contributed by atoms with van der Waals surface area (Å²) in [5, 5.41) is 8.19. The van der Waals surface area contributed by atoms with E-state index in [0.29, 0.717) is 17.5 Å². The molecule has 0 amide bonds. The Balaban J connectivity index is 1.24. The van der Waals surface area contributed by atoms with Gasteiger partial charge in [-0.25, -0.2) is 19.6 Å². The molecule has 0 atom stereocenters. The summed E-state index contributed by atoms with van der Waals surface area (Å²) < 4.78 is 4.34. The maximum Gasteiger partial charge on any atom is 0.164 e. The van der Waals surface area contributed by atoms with Crippen LogP contribution in [0.5, 0.6) is 0 Å². The molecule has 0 fully saturated rings. The number of hydrogen-bond acceptors (Lipinski definition) is 4. The van der Waals surface area contributed by atoms with Crippen molar-refractivity contribution in [1.82, 2.24) is 29.3 Å². The van der Waals surface area contributed by atoms with E-state index in [1.165, 1.54) is 10.8 Å². The summed E-state index contributed by atoms with van der Waals surface area (Å²) in [6, 6.07) is 51.9. The van der Waals surface area contributed by atoms with Gasteiger partial charge in [-0.1, -0.05) is 109 Å². The Bertz CT molecular complexity index is 2460. The summed E-state index contributed by atoms with van der Waals surface area (Å²) in [6.45, 7) is 0. The minimum Gasteiger partial charge on any atom is -0.309 e. The fourth-order valence-electron chi connectivity index (χ4n) is 6.26. The van der Waals surface area contributed by atoms with Crippen LogP contribution in [-0.4, -0.2) is 29.3 Å². The van der Waals surface area contributed by atoms with Gasteiger partial charge < -0.3 is 4.57 Å². The van der Waals surface area contributed by atoms with Gasteiger partial charge in [0.1, 0.15) is 0 Å². The van der Waals surface area contributed by atoms with Crippen molar-refractivity contribution in [1.29, 1.82) is 0 Å². The third-order valence-corrected chi connectivity index (χ3v) is 8.42. The lowest BCUT2D eigenvalue weighted by atomic mass is 10.1. The molecule has 0 aliphatic carbocycles. The second-order valence-electron chi connectivity index (χ2n) is 11.3. The third kappa shape index (κ3) is 4.35. The number of hydrogen-bond donors (Lipinski definition) is 0. The molecule has 0 spiro atoms. The Kier molecular flexibility index (Phi) is 6.03. The number of fused-ring (bicyclic) bond motifs is 4. The summed E-state index contributed by atoms with van der Waals surface area (Å²) in [4.78, 5) is 14.8. The highest BCUT2D eigenvalue weighted by molar-refractivity contribution is 6.13. The monoisotopic (exact) mass is 590 g/mol. The molecule has 0 saturated carbocycles. The molecule has 3 aromatic heterocycles. The van der Waals surface area contributed by atoms with E-state index in [0.717, 1.165) is 50.0 Å². The predicted molar refractivity (Wildman–Crippen MR) is 185 cm³/mol. The quantitative estimate of drug-likeness (QED) is 0.200. The number of nitrogens with zero attached hydrogens (tertiary/aromatic N) is 6. The smallest absolute Gasteiger partial charge is 0.164 e. The van der Waals surface area contributed by atoms with E-state index < -0.39 is 0 Å². The van der Waals surface area contributed by atoms with Gasteiger partial charge in [0.15, 0.2) is 17.5 Å². The number of benzene rings is 6. The van der Waals surface area contributed by atoms with E-state index >= 15 is 0 Å². The molecule has 0 saturated heterocycles. The molecule has 9 aromatic rings. The predicted octanol–water partition coefficient (Wildman–Crippen LogP) is 9.31. The second-order valence-corrected chi connectivity index (χ2v) is 11.3. The molecule has 46 heavy (non-hydrogen) atoms. The van der Waals surface area contributed by atoms with Gasteiger partial charge in [0.2, 0.25) is 0 Å². The lowest BCUT2D eigenvalue weighted by Crippen LogP contribution is -2.01. The standard InChI is InChI=1S/C40H26N6/c1-4-13-27(14-5-1)38-42-39(28-15-6-2-7-16-28)44-40(43-38)29-17-12-20-32(23-29)45-35-22-11-10-21-33(35)34-25-36-30(24-37(34)45)26-41-46(36)31-18-8-3-9-19-31/h1-26H. The van der Waals surface area contributed by atoms with E-state index in [-0.39, 0.29) is 0 Å². The maximum absolute atomic E-state index is 4.98. The minimum atomic E-state index is 0.627. The zero-order valence-corrected chi connectivity index (χ0v) is 24.7. The highest BCUT2D eigenvalue weighted by Crippen LogP contribution is 2.36. The molecule has 0 unspecified atom stereocenters. The average molecular weight is 591 g/mol. The molecular formula is C40H26N6. The third-order valence-electron chi connectivity index (χ3n) is 8.42. The van der Waals surface area contributed by atoms with E-state index in [1.807, 2.05) is 89.7 Å². The van der Waals surface area contributed by atoms with Crippen LogP contribution in [0.15, 0.2) is 158 Å². The summed E-state index contributed by atoms with van der Waals surface area (Å²) in [5.41, 5.74) is 8.19. The first-order valence-corrected chi connectivity index (χ1v) is 15.2. The van der Waals surface area contributed by atoms with Crippen LogP contribution in [0.3, 0.4) is 0 Å². The molecule has 0 N–H and O–H groups in total. The molecule has 0 aliphatic rings. The summed E-state index contributed by atoms with van der Waals surface area (Å²) in [7, 11) is 0. The topological polar surface area (TPSA) is 61.4 Å². The normalized spacial score (nSPS) is 11.5. The highest BCUT2D eigenvalue weighted by Gasteiger charge is 2.17.